The molecule has 1 amide bonds. The lowest BCUT2D eigenvalue weighted by Crippen LogP contribution is -2.33. The molecule has 1 aromatic carbocycles. The molecule has 22 heavy (non-hydrogen) atoms. The van der Waals surface area contributed by atoms with Crippen molar-refractivity contribution in [3.05, 3.63) is 29.8 Å². The summed E-state index contributed by atoms with van der Waals surface area (Å²) in [7, 11) is 0. The maximum absolute atomic E-state index is 11.5. The van der Waals surface area contributed by atoms with Crippen molar-refractivity contribution < 1.29 is 9.53 Å². The zero-order valence-corrected chi connectivity index (χ0v) is 15.3. The van der Waals surface area contributed by atoms with Gasteiger partial charge in [0.15, 0.2) is 0 Å². The number of aryl methyl sites for hydroxylation is 1. The molecule has 0 aromatic heterocycles. The van der Waals surface area contributed by atoms with E-state index in [2.05, 4.69) is 42.8 Å². The Labute approximate surface area is 139 Å². The second-order valence-corrected chi connectivity index (χ2v) is 7.59. The molecule has 0 radical (unpaired) electrons. The minimum atomic E-state index is -0.432. The number of hydrogen-bond donors (Lipinski definition) is 1. The largest absolute Gasteiger partial charge is 0.444 e. The smallest absolute Gasteiger partial charge is 0.407 e. The lowest BCUT2D eigenvalue weighted by molar-refractivity contribution is 0.0525. The predicted molar refractivity (Wildman–Crippen MR) is 94.6 cm³/mol. The average molecular weight is 324 g/mol. The molecule has 0 bridgehead atoms. The van der Waals surface area contributed by atoms with Crippen LogP contribution in [0.1, 0.15) is 46.1 Å². The Morgan fingerprint density at radius 1 is 1.23 bits per heavy atom. The first-order chi connectivity index (χ1) is 10.3. The molecule has 0 aliphatic heterocycles. The predicted octanol–water partition coefficient (Wildman–Crippen LogP) is 4.89. The van der Waals surface area contributed by atoms with Crippen molar-refractivity contribution in [3.63, 3.8) is 0 Å². The topological polar surface area (TPSA) is 38.3 Å². The van der Waals surface area contributed by atoms with Gasteiger partial charge in [-0.1, -0.05) is 19.1 Å². The van der Waals surface area contributed by atoms with Crippen molar-refractivity contribution in [1.82, 2.24) is 5.32 Å². The zero-order valence-electron chi connectivity index (χ0n) is 14.4. The second-order valence-electron chi connectivity index (χ2n) is 6.71. The molecule has 1 rings (SSSR count). The number of rotatable bonds is 7. The minimum Gasteiger partial charge on any atom is -0.444 e. The van der Waals surface area contributed by atoms with Gasteiger partial charge in [0.2, 0.25) is 0 Å². The fraction of sp³-hybridized carbons (Fsp3) is 0.611. The molecule has 4 heteroatoms. The standard InChI is InChI=1S/C18H29NO2S/c1-14(12-13-19-17(20)21-18(2,3)4)6-7-15-8-10-16(22-5)11-9-15/h8-11,14H,6-7,12-13H2,1-5H3,(H,19,20). The number of hydrogen-bond acceptors (Lipinski definition) is 3. The summed E-state index contributed by atoms with van der Waals surface area (Å²) in [5.41, 5.74) is 0.947. The summed E-state index contributed by atoms with van der Waals surface area (Å²) in [5.74, 6) is 0.579. The lowest BCUT2D eigenvalue weighted by atomic mass is 9.98. The molecule has 1 N–H and O–H groups in total. The van der Waals surface area contributed by atoms with Crippen molar-refractivity contribution in [2.45, 2.75) is 57.5 Å². The van der Waals surface area contributed by atoms with Crippen LogP contribution in [-0.4, -0.2) is 24.5 Å². The number of nitrogens with one attached hydrogen (secondary N) is 1. The van der Waals surface area contributed by atoms with E-state index in [0.29, 0.717) is 12.5 Å². The van der Waals surface area contributed by atoms with Crippen LogP contribution in [0.3, 0.4) is 0 Å². The minimum absolute atomic E-state index is 0.327. The molecule has 1 aromatic rings. The van der Waals surface area contributed by atoms with Crippen molar-refractivity contribution in [2.75, 3.05) is 12.8 Å². The number of alkyl carbamates (subject to hydrolysis) is 1. The van der Waals surface area contributed by atoms with E-state index in [1.54, 1.807) is 11.8 Å². The second kappa shape index (κ2) is 9.09. The van der Waals surface area contributed by atoms with Gasteiger partial charge in [0, 0.05) is 11.4 Å². The lowest BCUT2D eigenvalue weighted by Gasteiger charge is -2.20. The highest BCUT2D eigenvalue weighted by molar-refractivity contribution is 7.98. The van der Waals surface area contributed by atoms with E-state index in [9.17, 15) is 4.79 Å². The summed E-state index contributed by atoms with van der Waals surface area (Å²) in [5, 5.41) is 2.82. The molecule has 124 valence electrons. The zero-order chi connectivity index (χ0) is 16.6. The summed E-state index contributed by atoms with van der Waals surface area (Å²) in [6, 6.07) is 8.76. The highest BCUT2D eigenvalue weighted by atomic mass is 32.2. The summed E-state index contributed by atoms with van der Waals surface area (Å²) in [4.78, 5) is 12.8. The Kier molecular flexibility index (Phi) is 7.80. The van der Waals surface area contributed by atoms with Crippen LogP contribution in [0, 0.1) is 5.92 Å². The number of thioether (sulfide) groups is 1. The van der Waals surface area contributed by atoms with Gasteiger partial charge in [0.1, 0.15) is 5.60 Å². The van der Waals surface area contributed by atoms with Crippen LogP contribution in [0.5, 0.6) is 0 Å². The van der Waals surface area contributed by atoms with Gasteiger partial charge >= 0.3 is 6.09 Å². The Hall–Kier alpha value is -1.16. The normalized spacial score (nSPS) is 12.8. The molecule has 0 saturated carbocycles. The molecule has 0 fully saturated rings. The average Bonchev–Trinajstić information content (AvgIpc) is 2.43. The van der Waals surface area contributed by atoms with Crippen LogP contribution in [0.15, 0.2) is 29.2 Å². The number of amides is 1. The van der Waals surface area contributed by atoms with Crippen molar-refractivity contribution >= 4 is 17.9 Å². The van der Waals surface area contributed by atoms with E-state index in [1.807, 2.05) is 20.8 Å². The fourth-order valence-electron chi connectivity index (χ4n) is 2.08. The number of carbonyl (C=O) groups is 1. The fourth-order valence-corrected chi connectivity index (χ4v) is 2.49. The van der Waals surface area contributed by atoms with E-state index in [0.717, 1.165) is 19.3 Å². The van der Waals surface area contributed by atoms with E-state index in [1.165, 1.54) is 10.5 Å². The van der Waals surface area contributed by atoms with E-state index >= 15 is 0 Å². The third-order valence-corrected chi connectivity index (χ3v) is 4.13. The van der Waals surface area contributed by atoms with Crippen molar-refractivity contribution in [1.29, 1.82) is 0 Å². The van der Waals surface area contributed by atoms with Crippen molar-refractivity contribution in [2.24, 2.45) is 5.92 Å². The van der Waals surface area contributed by atoms with Crippen LogP contribution in [0.2, 0.25) is 0 Å². The molecule has 1 atom stereocenters. The van der Waals surface area contributed by atoms with Crippen LogP contribution in [0.25, 0.3) is 0 Å². The van der Waals surface area contributed by atoms with Gasteiger partial charge in [0.25, 0.3) is 0 Å². The maximum Gasteiger partial charge on any atom is 0.407 e. The first-order valence-electron chi connectivity index (χ1n) is 7.90. The Morgan fingerprint density at radius 2 is 1.86 bits per heavy atom. The van der Waals surface area contributed by atoms with Crippen LogP contribution in [-0.2, 0) is 11.2 Å². The Bertz CT molecular complexity index is 451. The van der Waals surface area contributed by atoms with Gasteiger partial charge in [-0.25, -0.2) is 4.79 Å². The van der Waals surface area contributed by atoms with Crippen LogP contribution >= 0.6 is 11.8 Å². The molecule has 0 aliphatic carbocycles. The van der Waals surface area contributed by atoms with Gasteiger partial charge in [-0.15, -0.1) is 11.8 Å². The first-order valence-corrected chi connectivity index (χ1v) is 9.12. The molecule has 0 saturated heterocycles. The monoisotopic (exact) mass is 323 g/mol. The first kappa shape index (κ1) is 18.9. The summed E-state index contributed by atoms with van der Waals surface area (Å²) < 4.78 is 5.22. The van der Waals surface area contributed by atoms with Gasteiger partial charge < -0.3 is 10.1 Å². The SMILES string of the molecule is CSc1ccc(CCC(C)CCNC(=O)OC(C)(C)C)cc1. The highest BCUT2D eigenvalue weighted by Gasteiger charge is 2.15. The van der Waals surface area contributed by atoms with E-state index < -0.39 is 5.60 Å². The maximum atomic E-state index is 11.5. The molecular weight excluding hydrogens is 294 g/mol. The third-order valence-electron chi connectivity index (χ3n) is 3.39. The molecular formula is C18H29NO2S. The Balaban J connectivity index is 2.20. The Morgan fingerprint density at radius 3 is 2.41 bits per heavy atom. The van der Waals surface area contributed by atoms with Crippen molar-refractivity contribution in [3.8, 4) is 0 Å². The summed E-state index contributed by atoms with van der Waals surface area (Å²) in [6.07, 6.45) is 4.96. The molecule has 0 aliphatic rings. The van der Waals surface area contributed by atoms with Gasteiger partial charge in [-0.2, -0.15) is 0 Å². The van der Waals surface area contributed by atoms with E-state index in [4.69, 9.17) is 4.74 Å². The number of ether oxygens (including phenoxy) is 1. The highest BCUT2D eigenvalue weighted by Crippen LogP contribution is 2.17. The molecule has 0 heterocycles. The molecule has 1 unspecified atom stereocenters. The number of carbonyl (C=O) groups excluding carboxylic acids is 1. The van der Waals surface area contributed by atoms with Gasteiger partial charge in [-0.05, 0) is 69.9 Å². The van der Waals surface area contributed by atoms with E-state index in [-0.39, 0.29) is 6.09 Å². The number of benzene rings is 1. The van der Waals surface area contributed by atoms with Crippen LogP contribution < -0.4 is 5.32 Å². The quantitative estimate of drug-likeness (QED) is 0.726. The summed E-state index contributed by atoms with van der Waals surface area (Å²) in [6.45, 7) is 8.51. The third kappa shape index (κ3) is 8.32. The molecule has 3 nitrogen and oxygen atoms in total. The van der Waals surface area contributed by atoms with Crippen LogP contribution in [0.4, 0.5) is 4.79 Å². The van der Waals surface area contributed by atoms with Gasteiger partial charge in [-0.3, -0.25) is 0 Å². The van der Waals surface area contributed by atoms with Gasteiger partial charge in [0.05, 0.1) is 0 Å². The molecule has 0 spiro atoms. The summed E-state index contributed by atoms with van der Waals surface area (Å²) >= 11 is 1.77.